The predicted molar refractivity (Wildman–Crippen MR) is 400 cm³/mol. The van der Waals surface area contributed by atoms with Crippen molar-refractivity contribution in [2.75, 3.05) is 39.6 Å². The third-order valence-corrected chi connectivity index (χ3v) is 21.0. The van der Waals surface area contributed by atoms with E-state index >= 15 is 0 Å². The van der Waals surface area contributed by atoms with E-state index < -0.39 is 97.5 Å². The fraction of sp³-hybridized carbons (Fsp3) is 0.949. The quantitative estimate of drug-likeness (QED) is 0.0222. The molecule has 0 aliphatic rings. The van der Waals surface area contributed by atoms with Gasteiger partial charge in [-0.3, -0.25) is 37.3 Å². The van der Waals surface area contributed by atoms with E-state index in [0.29, 0.717) is 25.7 Å². The first-order valence-corrected chi connectivity index (χ1v) is 43.9. The summed E-state index contributed by atoms with van der Waals surface area (Å²) in [6.07, 6.45) is 57.0. The number of ether oxygens (including phenoxy) is 4. The van der Waals surface area contributed by atoms with E-state index in [-0.39, 0.29) is 25.7 Å². The maximum Gasteiger partial charge on any atom is 0.472 e. The van der Waals surface area contributed by atoms with Crippen LogP contribution in [0.1, 0.15) is 408 Å². The summed E-state index contributed by atoms with van der Waals surface area (Å²) in [5.74, 6) is 0.176. The van der Waals surface area contributed by atoms with Crippen molar-refractivity contribution in [3.05, 3.63) is 0 Å². The first kappa shape index (κ1) is 96.1. The Morgan fingerprint density at radius 3 is 0.776 bits per heavy atom. The number of carbonyl (C=O) groups is 4. The van der Waals surface area contributed by atoms with E-state index in [4.69, 9.17) is 37.0 Å². The van der Waals surface area contributed by atoms with Crippen LogP contribution in [0.5, 0.6) is 0 Å². The van der Waals surface area contributed by atoms with Gasteiger partial charge in [0.25, 0.3) is 0 Å². The number of phosphoric ester groups is 2. The molecule has 0 aromatic carbocycles. The summed E-state index contributed by atoms with van der Waals surface area (Å²) < 4.78 is 68.6. The molecule has 0 aliphatic heterocycles. The van der Waals surface area contributed by atoms with Gasteiger partial charge in [-0.05, 0) is 43.4 Å². The second kappa shape index (κ2) is 69.4. The molecule has 7 atom stereocenters. The first-order chi connectivity index (χ1) is 47.3. The fourth-order valence-electron chi connectivity index (χ4n) is 12.1. The van der Waals surface area contributed by atoms with Gasteiger partial charge in [-0.15, -0.1) is 0 Å². The van der Waals surface area contributed by atoms with Crippen LogP contribution in [0.3, 0.4) is 0 Å². The van der Waals surface area contributed by atoms with Crippen molar-refractivity contribution in [2.45, 2.75) is 426 Å². The molecule has 3 N–H and O–H groups in total. The number of aliphatic hydroxyl groups excluding tert-OH is 1. The van der Waals surface area contributed by atoms with Crippen molar-refractivity contribution in [2.24, 2.45) is 17.8 Å². The molecule has 0 aliphatic carbocycles. The molecular weight excluding hydrogens is 1280 g/mol. The van der Waals surface area contributed by atoms with Crippen molar-refractivity contribution in [3.8, 4) is 0 Å². The van der Waals surface area contributed by atoms with Crippen LogP contribution in [0.25, 0.3) is 0 Å². The van der Waals surface area contributed by atoms with Crippen LogP contribution in [-0.2, 0) is 65.4 Å². The third-order valence-electron chi connectivity index (χ3n) is 19.1. The number of unbranched alkanes of at least 4 members (excludes halogenated alkanes) is 43. The van der Waals surface area contributed by atoms with Gasteiger partial charge in [-0.1, -0.05) is 357 Å². The summed E-state index contributed by atoms with van der Waals surface area (Å²) in [5.41, 5.74) is 0. The van der Waals surface area contributed by atoms with Gasteiger partial charge in [0.1, 0.15) is 19.3 Å². The van der Waals surface area contributed by atoms with Gasteiger partial charge in [-0.2, -0.15) is 0 Å². The van der Waals surface area contributed by atoms with E-state index in [1.807, 2.05) is 0 Å². The molecule has 17 nitrogen and oxygen atoms in total. The van der Waals surface area contributed by atoms with E-state index in [0.717, 1.165) is 114 Å². The van der Waals surface area contributed by atoms with Gasteiger partial charge in [0.15, 0.2) is 12.2 Å². The van der Waals surface area contributed by atoms with Crippen molar-refractivity contribution >= 4 is 39.5 Å². The number of hydrogen-bond acceptors (Lipinski definition) is 15. The standard InChI is InChI=1S/C79H154O17P2/c1-8-11-12-13-14-15-16-17-18-19-20-21-22-23-24-25-26-34-39-48-55-62-78(83)95-74(66-89-76(81)60-53-46-38-33-30-28-32-37-44-51-58-71(6)9-2)68-93-97(85,86)91-64-73(80)65-92-98(87,88)94-69-75(67-90-77(82)61-54-47-42-41-45-52-59-72(7)10-3)96-79(84)63-56-49-40-35-29-27-31-36-43-50-57-70(4)5/h70-75,80H,8-69H2,1-7H3,(H,85,86)(H,87,88)/t71?,72?,73-,74-,75-/m1/s1. The Bertz CT molecular complexity index is 1910. The normalized spacial score (nSPS) is 14.6. The lowest BCUT2D eigenvalue weighted by atomic mass is 9.99. The summed E-state index contributed by atoms with van der Waals surface area (Å²) in [5, 5.41) is 10.6. The van der Waals surface area contributed by atoms with Crippen molar-refractivity contribution < 1.29 is 80.2 Å². The number of rotatable bonds is 77. The number of aliphatic hydroxyl groups is 1. The molecule has 0 fully saturated rings. The van der Waals surface area contributed by atoms with Crippen LogP contribution in [0.2, 0.25) is 0 Å². The van der Waals surface area contributed by atoms with Crippen LogP contribution < -0.4 is 0 Å². The SMILES string of the molecule is CCCCCCCCCCCCCCCCCCCCCCCC(=O)O[C@H](COC(=O)CCCCCCCCCCCCC(C)CC)COP(=O)(O)OC[C@@H](O)COP(=O)(O)OC[C@@H](COC(=O)CCCCCCCCC(C)CC)OC(=O)CCCCCCCCCCCCC(C)C. The molecule has 4 unspecified atom stereocenters. The van der Waals surface area contributed by atoms with Crippen molar-refractivity contribution in [3.63, 3.8) is 0 Å². The number of carbonyl (C=O) groups excluding carboxylic acids is 4. The fourth-order valence-corrected chi connectivity index (χ4v) is 13.6. The summed E-state index contributed by atoms with van der Waals surface area (Å²) in [7, 11) is -9.92. The highest BCUT2D eigenvalue weighted by Crippen LogP contribution is 2.45. The van der Waals surface area contributed by atoms with Crippen molar-refractivity contribution in [1.82, 2.24) is 0 Å². The van der Waals surface area contributed by atoms with E-state index in [9.17, 15) is 43.2 Å². The second-order valence-electron chi connectivity index (χ2n) is 29.4. The van der Waals surface area contributed by atoms with Crippen LogP contribution >= 0.6 is 15.6 Å². The molecule has 0 bridgehead atoms. The maximum atomic E-state index is 13.1. The zero-order valence-corrected chi connectivity index (χ0v) is 66.0. The van der Waals surface area contributed by atoms with Crippen molar-refractivity contribution in [1.29, 1.82) is 0 Å². The lowest BCUT2D eigenvalue weighted by Crippen LogP contribution is -2.30. The molecule has 582 valence electrons. The lowest BCUT2D eigenvalue weighted by Gasteiger charge is -2.21. The minimum Gasteiger partial charge on any atom is -0.462 e. The molecule has 19 heteroatoms. The number of phosphoric acid groups is 2. The Morgan fingerprint density at radius 2 is 0.520 bits per heavy atom. The molecule has 0 saturated carbocycles. The topological polar surface area (TPSA) is 237 Å². The van der Waals surface area contributed by atoms with E-state index in [1.165, 1.54) is 212 Å². The monoisotopic (exact) mass is 1440 g/mol. The van der Waals surface area contributed by atoms with Gasteiger partial charge >= 0.3 is 39.5 Å². The maximum absolute atomic E-state index is 13.1. The van der Waals surface area contributed by atoms with Crippen LogP contribution in [0.4, 0.5) is 0 Å². The Morgan fingerprint density at radius 1 is 0.296 bits per heavy atom. The molecular formula is C79H154O17P2. The second-order valence-corrected chi connectivity index (χ2v) is 32.3. The highest BCUT2D eigenvalue weighted by atomic mass is 31.2. The highest BCUT2D eigenvalue weighted by Gasteiger charge is 2.30. The van der Waals surface area contributed by atoms with Gasteiger partial charge in [0, 0.05) is 25.7 Å². The van der Waals surface area contributed by atoms with Gasteiger partial charge in [0.05, 0.1) is 26.4 Å². The number of esters is 4. The Balaban J connectivity index is 5.22. The summed E-state index contributed by atoms with van der Waals surface area (Å²) >= 11 is 0. The minimum absolute atomic E-state index is 0.105. The molecule has 0 radical (unpaired) electrons. The molecule has 0 aromatic heterocycles. The predicted octanol–water partition coefficient (Wildman–Crippen LogP) is 23.4. The molecule has 0 aromatic rings. The largest absolute Gasteiger partial charge is 0.472 e. The zero-order chi connectivity index (χ0) is 72.3. The zero-order valence-electron chi connectivity index (χ0n) is 64.3. The summed E-state index contributed by atoms with van der Waals surface area (Å²) in [4.78, 5) is 72.9. The van der Waals surface area contributed by atoms with Crippen LogP contribution in [0.15, 0.2) is 0 Å². The van der Waals surface area contributed by atoms with Gasteiger partial charge < -0.3 is 33.8 Å². The Kier molecular flexibility index (Phi) is 68.1. The van der Waals surface area contributed by atoms with E-state index in [1.54, 1.807) is 0 Å². The van der Waals surface area contributed by atoms with Crippen LogP contribution in [-0.4, -0.2) is 96.7 Å². The molecule has 0 heterocycles. The molecule has 0 saturated heterocycles. The molecule has 0 spiro atoms. The lowest BCUT2D eigenvalue weighted by molar-refractivity contribution is -0.161. The molecule has 98 heavy (non-hydrogen) atoms. The van der Waals surface area contributed by atoms with Gasteiger partial charge in [0.2, 0.25) is 0 Å². The molecule has 0 amide bonds. The number of hydrogen-bond donors (Lipinski definition) is 3. The Hall–Kier alpha value is -1.94. The average molecular weight is 1440 g/mol. The molecule has 0 rings (SSSR count). The third kappa shape index (κ3) is 69.8. The van der Waals surface area contributed by atoms with Crippen LogP contribution in [0, 0.1) is 17.8 Å². The Labute approximate surface area is 600 Å². The highest BCUT2D eigenvalue weighted by molar-refractivity contribution is 7.47. The summed E-state index contributed by atoms with van der Waals surface area (Å²) in [6.45, 7) is 11.9. The smallest absolute Gasteiger partial charge is 0.462 e. The minimum atomic E-state index is -4.96. The average Bonchev–Trinajstić information content (AvgIpc) is 1.45. The first-order valence-electron chi connectivity index (χ1n) is 40.9. The summed E-state index contributed by atoms with van der Waals surface area (Å²) in [6, 6.07) is 0. The van der Waals surface area contributed by atoms with Gasteiger partial charge in [-0.25, -0.2) is 9.13 Å². The van der Waals surface area contributed by atoms with E-state index in [2.05, 4.69) is 48.5 Å².